The standard InChI is InChI=1S/C21H21ClN2O4S/c1-14-2-5-17(6-3-14)27-10-8-26-9-11-28-18-7-4-16(22)12-15(18)13-19-20(25)24-21(23)29-19/h2-7,12-13H,8-11H2,1H3,(H2,23,24,25)/b19-13-. The predicted molar refractivity (Wildman–Crippen MR) is 116 cm³/mol. The van der Waals surface area contributed by atoms with Gasteiger partial charge in [-0.05, 0) is 55.1 Å². The molecule has 1 saturated heterocycles. The van der Waals surface area contributed by atoms with Gasteiger partial charge in [0.2, 0.25) is 0 Å². The Labute approximate surface area is 178 Å². The summed E-state index contributed by atoms with van der Waals surface area (Å²) >= 11 is 7.14. The first-order valence-electron chi connectivity index (χ1n) is 9.00. The van der Waals surface area contributed by atoms with E-state index in [-0.39, 0.29) is 11.1 Å². The number of amidine groups is 1. The molecule has 6 nitrogen and oxygen atoms in total. The number of nitrogens with one attached hydrogen (secondary N) is 2. The summed E-state index contributed by atoms with van der Waals surface area (Å²) in [6.07, 6.45) is 1.67. The van der Waals surface area contributed by atoms with E-state index < -0.39 is 0 Å². The Bertz CT molecular complexity index is 915. The van der Waals surface area contributed by atoms with Crippen molar-refractivity contribution < 1.29 is 19.0 Å². The van der Waals surface area contributed by atoms with Gasteiger partial charge < -0.3 is 19.5 Å². The van der Waals surface area contributed by atoms with Crippen LogP contribution in [0.5, 0.6) is 11.5 Å². The van der Waals surface area contributed by atoms with E-state index in [1.807, 2.05) is 31.2 Å². The molecule has 0 atom stereocenters. The van der Waals surface area contributed by atoms with Crippen LogP contribution in [-0.4, -0.2) is 37.5 Å². The first-order valence-corrected chi connectivity index (χ1v) is 10.2. The van der Waals surface area contributed by atoms with Crippen LogP contribution >= 0.6 is 23.4 Å². The minimum absolute atomic E-state index is 0.104. The van der Waals surface area contributed by atoms with Crippen molar-refractivity contribution in [1.29, 1.82) is 5.41 Å². The zero-order valence-corrected chi connectivity index (χ0v) is 17.4. The van der Waals surface area contributed by atoms with Crippen LogP contribution in [0, 0.1) is 12.3 Å². The topological polar surface area (TPSA) is 80.6 Å². The second kappa shape index (κ2) is 10.3. The predicted octanol–water partition coefficient (Wildman–Crippen LogP) is 4.26. The molecule has 152 valence electrons. The van der Waals surface area contributed by atoms with E-state index >= 15 is 0 Å². The first kappa shape index (κ1) is 21.2. The molecule has 0 saturated carbocycles. The lowest BCUT2D eigenvalue weighted by molar-refractivity contribution is -0.115. The minimum Gasteiger partial charge on any atom is -0.491 e. The highest BCUT2D eigenvalue weighted by Gasteiger charge is 2.22. The Morgan fingerprint density at radius 1 is 1.07 bits per heavy atom. The van der Waals surface area contributed by atoms with Crippen molar-refractivity contribution in [1.82, 2.24) is 5.32 Å². The van der Waals surface area contributed by atoms with Gasteiger partial charge in [0.15, 0.2) is 5.17 Å². The van der Waals surface area contributed by atoms with Crippen LogP contribution in [0.3, 0.4) is 0 Å². The van der Waals surface area contributed by atoms with Crippen LogP contribution in [-0.2, 0) is 9.53 Å². The Morgan fingerprint density at radius 2 is 1.79 bits per heavy atom. The zero-order chi connectivity index (χ0) is 20.6. The number of benzene rings is 2. The molecule has 29 heavy (non-hydrogen) atoms. The molecule has 2 N–H and O–H groups in total. The fourth-order valence-electron chi connectivity index (χ4n) is 2.51. The summed E-state index contributed by atoms with van der Waals surface area (Å²) < 4.78 is 16.9. The van der Waals surface area contributed by atoms with Crippen LogP contribution in [0.25, 0.3) is 6.08 Å². The number of hydrogen-bond acceptors (Lipinski definition) is 6. The molecule has 1 aliphatic rings. The fourth-order valence-corrected chi connectivity index (χ4v) is 3.39. The van der Waals surface area contributed by atoms with Crippen molar-refractivity contribution in [2.45, 2.75) is 6.92 Å². The first-order chi connectivity index (χ1) is 14.0. The Hall–Kier alpha value is -2.48. The molecule has 1 amide bonds. The lowest BCUT2D eigenvalue weighted by Crippen LogP contribution is -2.18. The summed E-state index contributed by atoms with van der Waals surface area (Å²) in [5.41, 5.74) is 1.86. The van der Waals surface area contributed by atoms with Crippen LogP contribution in [0.4, 0.5) is 0 Å². The third kappa shape index (κ3) is 6.52. The third-order valence-electron chi connectivity index (χ3n) is 3.92. The van der Waals surface area contributed by atoms with Crippen molar-refractivity contribution in [2.75, 3.05) is 26.4 Å². The summed E-state index contributed by atoms with van der Waals surface area (Å²) in [7, 11) is 0. The molecule has 1 fully saturated rings. The van der Waals surface area contributed by atoms with E-state index in [1.54, 1.807) is 24.3 Å². The summed E-state index contributed by atoms with van der Waals surface area (Å²) in [4.78, 5) is 12.2. The summed E-state index contributed by atoms with van der Waals surface area (Å²) in [6, 6.07) is 13.0. The molecule has 3 rings (SSSR count). The number of ether oxygens (including phenoxy) is 3. The second-order valence-electron chi connectivity index (χ2n) is 6.20. The molecule has 2 aromatic rings. The Kier molecular flexibility index (Phi) is 7.57. The van der Waals surface area contributed by atoms with Crippen LogP contribution < -0.4 is 14.8 Å². The van der Waals surface area contributed by atoms with Gasteiger partial charge in [-0.15, -0.1) is 0 Å². The summed E-state index contributed by atoms with van der Waals surface area (Å²) in [6.45, 7) is 3.68. The number of hydrogen-bond donors (Lipinski definition) is 2. The second-order valence-corrected chi connectivity index (χ2v) is 7.69. The summed E-state index contributed by atoms with van der Waals surface area (Å²) in [5.74, 6) is 1.10. The molecule has 0 unspecified atom stereocenters. The van der Waals surface area contributed by atoms with E-state index in [2.05, 4.69) is 5.32 Å². The number of aryl methyl sites for hydroxylation is 1. The van der Waals surface area contributed by atoms with Gasteiger partial charge in [0, 0.05) is 10.6 Å². The van der Waals surface area contributed by atoms with Crippen molar-refractivity contribution in [3.05, 3.63) is 63.5 Å². The molecule has 0 bridgehead atoms. The zero-order valence-electron chi connectivity index (χ0n) is 15.9. The normalized spacial score (nSPS) is 14.9. The molecular weight excluding hydrogens is 412 g/mol. The smallest absolute Gasteiger partial charge is 0.264 e. The van der Waals surface area contributed by atoms with Gasteiger partial charge in [-0.25, -0.2) is 0 Å². The van der Waals surface area contributed by atoms with Gasteiger partial charge >= 0.3 is 0 Å². The number of carbonyl (C=O) groups excluding carboxylic acids is 1. The van der Waals surface area contributed by atoms with Crippen molar-refractivity contribution in [2.24, 2.45) is 0 Å². The Balaban J connectivity index is 1.44. The van der Waals surface area contributed by atoms with Gasteiger partial charge in [-0.1, -0.05) is 29.3 Å². The molecule has 8 heteroatoms. The minimum atomic E-state index is -0.303. The maximum atomic E-state index is 11.8. The maximum Gasteiger partial charge on any atom is 0.264 e. The van der Waals surface area contributed by atoms with E-state index in [0.29, 0.717) is 47.7 Å². The molecule has 0 radical (unpaired) electrons. The van der Waals surface area contributed by atoms with Crippen molar-refractivity contribution in [3.63, 3.8) is 0 Å². The van der Waals surface area contributed by atoms with Crippen LogP contribution in [0.2, 0.25) is 5.02 Å². The number of rotatable bonds is 9. The van der Waals surface area contributed by atoms with Crippen LogP contribution in [0.15, 0.2) is 47.4 Å². The van der Waals surface area contributed by atoms with Gasteiger partial charge in [0.1, 0.15) is 24.7 Å². The molecule has 0 spiro atoms. The average molecular weight is 433 g/mol. The van der Waals surface area contributed by atoms with E-state index in [9.17, 15) is 4.79 Å². The highest BCUT2D eigenvalue weighted by atomic mass is 35.5. The number of carbonyl (C=O) groups is 1. The van der Waals surface area contributed by atoms with Crippen molar-refractivity contribution in [3.8, 4) is 11.5 Å². The van der Waals surface area contributed by atoms with E-state index in [1.165, 1.54) is 5.56 Å². The number of halogens is 1. The molecular formula is C21H21ClN2O4S. The molecule has 1 aliphatic heterocycles. The van der Waals surface area contributed by atoms with Gasteiger partial charge in [-0.2, -0.15) is 0 Å². The maximum absolute atomic E-state index is 11.8. The fraction of sp³-hybridized carbons (Fsp3) is 0.238. The highest BCUT2D eigenvalue weighted by Crippen LogP contribution is 2.30. The van der Waals surface area contributed by atoms with Gasteiger partial charge in [0.05, 0.1) is 18.1 Å². The average Bonchev–Trinajstić information content (AvgIpc) is 3.01. The van der Waals surface area contributed by atoms with Gasteiger partial charge in [0.25, 0.3) is 5.91 Å². The monoisotopic (exact) mass is 432 g/mol. The Morgan fingerprint density at radius 3 is 2.48 bits per heavy atom. The summed E-state index contributed by atoms with van der Waals surface area (Å²) in [5, 5.41) is 10.6. The van der Waals surface area contributed by atoms with Gasteiger partial charge in [-0.3, -0.25) is 10.2 Å². The van der Waals surface area contributed by atoms with Crippen LogP contribution in [0.1, 0.15) is 11.1 Å². The van der Waals surface area contributed by atoms with E-state index in [0.717, 1.165) is 17.5 Å². The SMILES string of the molecule is Cc1ccc(OCCOCCOc2ccc(Cl)cc2/C=C2\SC(=N)NC2=O)cc1. The highest BCUT2D eigenvalue weighted by molar-refractivity contribution is 8.18. The number of amides is 1. The molecule has 0 aromatic heterocycles. The molecule has 2 aromatic carbocycles. The number of thioether (sulfide) groups is 1. The molecule has 0 aliphatic carbocycles. The molecule has 1 heterocycles. The largest absolute Gasteiger partial charge is 0.491 e. The van der Waals surface area contributed by atoms with E-state index in [4.69, 9.17) is 31.2 Å². The third-order valence-corrected chi connectivity index (χ3v) is 4.99. The van der Waals surface area contributed by atoms with Crippen molar-refractivity contribution >= 4 is 40.5 Å². The lowest BCUT2D eigenvalue weighted by Gasteiger charge is -2.11. The quantitative estimate of drug-likeness (QED) is 0.457. The lowest BCUT2D eigenvalue weighted by atomic mass is 10.2.